The van der Waals surface area contributed by atoms with Crippen LogP contribution in [0.3, 0.4) is 0 Å². The molecule has 2 N–H and O–H groups in total. The first-order valence-electron chi connectivity index (χ1n) is 5.95. The summed E-state index contributed by atoms with van der Waals surface area (Å²) in [7, 11) is 0. The van der Waals surface area contributed by atoms with E-state index in [-0.39, 0.29) is 11.3 Å². The predicted octanol–water partition coefficient (Wildman–Crippen LogP) is 1.08. The minimum Gasteiger partial charge on any atom is -0.354 e. The maximum Gasteiger partial charge on any atom is 0.233 e. The summed E-state index contributed by atoms with van der Waals surface area (Å²) < 4.78 is 0. The van der Waals surface area contributed by atoms with Crippen molar-refractivity contribution < 1.29 is 4.79 Å². The molecule has 0 spiro atoms. The smallest absolute Gasteiger partial charge is 0.233 e. The number of aromatic nitrogens is 1. The van der Waals surface area contributed by atoms with Crippen molar-refractivity contribution in [2.24, 2.45) is 0 Å². The molecule has 0 aliphatic heterocycles. The molecule has 1 aromatic heterocycles. The largest absolute Gasteiger partial charge is 0.354 e. The number of carbonyl (C=O) groups is 1. The molecule has 0 saturated carbocycles. The van der Waals surface area contributed by atoms with E-state index in [9.17, 15) is 4.79 Å². The lowest BCUT2D eigenvalue weighted by Crippen LogP contribution is -2.41. The summed E-state index contributed by atoms with van der Waals surface area (Å²) in [6, 6.07) is 5.84. The van der Waals surface area contributed by atoms with Gasteiger partial charge in [-0.3, -0.25) is 9.78 Å². The van der Waals surface area contributed by atoms with Crippen molar-refractivity contribution in [1.29, 1.82) is 0 Å². The zero-order valence-corrected chi connectivity index (χ0v) is 10.8. The number of carbonyl (C=O) groups excluding carboxylic acids is 1. The number of amides is 1. The van der Waals surface area contributed by atoms with Crippen molar-refractivity contribution in [3.05, 3.63) is 30.1 Å². The number of pyridine rings is 1. The van der Waals surface area contributed by atoms with Crippen molar-refractivity contribution in [2.75, 3.05) is 19.6 Å². The number of likely N-dealkylation sites (N-methyl/N-ethyl adjacent to an activating group) is 1. The van der Waals surface area contributed by atoms with Crippen LogP contribution in [0.5, 0.6) is 0 Å². The van der Waals surface area contributed by atoms with Gasteiger partial charge in [-0.2, -0.15) is 0 Å². The van der Waals surface area contributed by atoms with Crippen molar-refractivity contribution in [2.45, 2.75) is 26.2 Å². The van der Waals surface area contributed by atoms with Gasteiger partial charge in [0.2, 0.25) is 5.91 Å². The third-order valence-corrected chi connectivity index (χ3v) is 2.62. The first kappa shape index (κ1) is 13.6. The summed E-state index contributed by atoms with van der Waals surface area (Å²) in [6.07, 6.45) is 1.78. The Kier molecular flexibility index (Phi) is 5.10. The minimum atomic E-state index is -0.150. The van der Waals surface area contributed by atoms with Gasteiger partial charge in [0.1, 0.15) is 0 Å². The molecule has 0 unspecified atom stereocenters. The number of hydrogen-bond acceptors (Lipinski definition) is 3. The Morgan fingerprint density at radius 3 is 2.76 bits per heavy atom. The molecule has 0 saturated heterocycles. The van der Waals surface area contributed by atoms with E-state index in [1.54, 1.807) is 6.20 Å². The SMILES string of the molecule is CCNCC(=O)NCC(C)(C)c1ccccn1. The van der Waals surface area contributed by atoms with Crippen LogP contribution in [0.1, 0.15) is 26.5 Å². The van der Waals surface area contributed by atoms with Crippen LogP contribution in [0.4, 0.5) is 0 Å². The van der Waals surface area contributed by atoms with Gasteiger partial charge in [-0.05, 0) is 18.7 Å². The fraction of sp³-hybridized carbons (Fsp3) is 0.538. The molecule has 0 fully saturated rings. The van der Waals surface area contributed by atoms with Gasteiger partial charge in [-0.15, -0.1) is 0 Å². The third kappa shape index (κ3) is 4.53. The van der Waals surface area contributed by atoms with Gasteiger partial charge in [-0.1, -0.05) is 26.8 Å². The normalized spacial score (nSPS) is 11.2. The van der Waals surface area contributed by atoms with Gasteiger partial charge in [0.05, 0.1) is 6.54 Å². The minimum absolute atomic E-state index is 0.0239. The monoisotopic (exact) mass is 235 g/mol. The highest BCUT2D eigenvalue weighted by molar-refractivity contribution is 5.78. The number of rotatable bonds is 6. The average molecular weight is 235 g/mol. The molecule has 0 bridgehead atoms. The highest BCUT2D eigenvalue weighted by Gasteiger charge is 2.22. The Balaban J connectivity index is 2.48. The van der Waals surface area contributed by atoms with Crippen LogP contribution in [0.2, 0.25) is 0 Å². The topological polar surface area (TPSA) is 54.0 Å². The van der Waals surface area contributed by atoms with Crippen molar-refractivity contribution in [3.63, 3.8) is 0 Å². The van der Waals surface area contributed by atoms with Crippen LogP contribution in [-0.4, -0.2) is 30.5 Å². The lowest BCUT2D eigenvalue weighted by molar-refractivity contribution is -0.120. The quantitative estimate of drug-likeness (QED) is 0.776. The fourth-order valence-electron chi connectivity index (χ4n) is 1.47. The van der Waals surface area contributed by atoms with Crippen LogP contribution >= 0.6 is 0 Å². The number of hydrogen-bond donors (Lipinski definition) is 2. The van der Waals surface area contributed by atoms with Gasteiger partial charge in [-0.25, -0.2) is 0 Å². The van der Waals surface area contributed by atoms with Crippen LogP contribution in [0, 0.1) is 0 Å². The molecule has 17 heavy (non-hydrogen) atoms. The second kappa shape index (κ2) is 6.35. The second-order valence-electron chi connectivity index (χ2n) is 4.66. The van der Waals surface area contributed by atoms with Gasteiger partial charge >= 0.3 is 0 Å². The first-order chi connectivity index (χ1) is 8.06. The standard InChI is InChI=1S/C13H21N3O/c1-4-14-9-12(17)16-10-13(2,3)11-7-5-6-8-15-11/h5-8,14H,4,9-10H2,1-3H3,(H,16,17). The number of nitrogens with one attached hydrogen (secondary N) is 2. The van der Waals surface area contributed by atoms with Gasteiger partial charge in [0.25, 0.3) is 0 Å². The van der Waals surface area contributed by atoms with Crippen LogP contribution in [0.15, 0.2) is 24.4 Å². The molecule has 0 aliphatic carbocycles. The molecule has 94 valence electrons. The number of nitrogens with zero attached hydrogens (tertiary/aromatic N) is 1. The summed E-state index contributed by atoms with van der Waals surface area (Å²) in [6.45, 7) is 7.89. The summed E-state index contributed by atoms with van der Waals surface area (Å²) >= 11 is 0. The van der Waals surface area contributed by atoms with Crippen LogP contribution < -0.4 is 10.6 Å². The van der Waals surface area contributed by atoms with Crippen LogP contribution in [-0.2, 0) is 10.2 Å². The molecule has 4 heteroatoms. The Morgan fingerprint density at radius 2 is 2.18 bits per heavy atom. The molecule has 0 aromatic carbocycles. The molecule has 4 nitrogen and oxygen atoms in total. The highest BCUT2D eigenvalue weighted by atomic mass is 16.1. The van der Waals surface area contributed by atoms with Gasteiger partial charge in [0, 0.05) is 23.9 Å². The summed E-state index contributed by atoms with van der Waals surface area (Å²) in [5.41, 5.74) is 0.840. The Labute approximate surface area is 103 Å². The van der Waals surface area contributed by atoms with E-state index >= 15 is 0 Å². The zero-order valence-electron chi connectivity index (χ0n) is 10.8. The summed E-state index contributed by atoms with van der Waals surface area (Å²) in [5, 5.41) is 5.91. The fourth-order valence-corrected chi connectivity index (χ4v) is 1.47. The first-order valence-corrected chi connectivity index (χ1v) is 5.95. The van der Waals surface area contributed by atoms with E-state index in [1.165, 1.54) is 0 Å². The van der Waals surface area contributed by atoms with Crippen LogP contribution in [0.25, 0.3) is 0 Å². The van der Waals surface area contributed by atoms with E-state index in [0.717, 1.165) is 12.2 Å². The lowest BCUT2D eigenvalue weighted by atomic mass is 9.89. The van der Waals surface area contributed by atoms with E-state index in [4.69, 9.17) is 0 Å². The molecule has 0 aliphatic rings. The molecule has 1 amide bonds. The molecule has 0 atom stereocenters. The van der Waals surface area contributed by atoms with E-state index < -0.39 is 0 Å². The molecule has 1 aromatic rings. The van der Waals surface area contributed by atoms with E-state index in [2.05, 4.69) is 29.5 Å². The molecule has 1 heterocycles. The third-order valence-electron chi connectivity index (χ3n) is 2.62. The van der Waals surface area contributed by atoms with E-state index in [1.807, 2.05) is 25.1 Å². The second-order valence-corrected chi connectivity index (χ2v) is 4.66. The highest BCUT2D eigenvalue weighted by Crippen LogP contribution is 2.19. The van der Waals surface area contributed by atoms with E-state index in [0.29, 0.717) is 13.1 Å². The summed E-state index contributed by atoms with van der Waals surface area (Å²) in [4.78, 5) is 15.8. The lowest BCUT2D eigenvalue weighted by Gasteiger charge is -2.24. The van der Waals surface area contributed by atoms with Crippen molar-refractivity contribution >= 4 is 5.91 Å². The van der Waals surface area contributed by atoms with Gasteiger partial charge in [0.15, 0.2) is 0 Å². The predicted molar refractivity (Wildman–Crippen MR) is 68.8 cm³/mol. The molecule has 0 radical (unpaired) electrons. The van der Waals surface area contributed by atoms with Crippen molar-refractivity contribution in [1.82, 2.24) is 15.6 Å². The zero-order chi connectivity index (χ0) is 12.7. The maximum atomic E-state index is 11.5. The van der Waals surface area contributed by atoms with Gasteiger partial charge < -0.3 is 10.6 Å². The molecular weight excluding hydrogens is 214 g/mol. The van der Waals surface area contributed by atoms with Crippen molar-refractivity contribution in [3.8, 4) is 0 Å². The Morgan fingerprint density at radius 1 is 1.41 bits per heavy atom. The Bertz CT molecular complexity index is 349. The molecular formula is C13H21N3O. The summed E-state index contributed by atoms with van der Waals surface area (Å²) in [5.74, 6) is 0.0239. The maximum absolute atomic E-state index is 11.5. The average Bonchev–Trinajstić information content (AvgIpc) is 2.35. The molecule has 1 rings (SSSR count). The Hall–Kier alpha value is -1.42.